The first-order chi connectivity index (χ1) is 11.4. The Kier molecular flexibility index (Phi) is 5.73. The first-order valence-corrected chi connectivity index (χ1v) is 7.74. The first kappa shape index (κ1) is 17.7. The average Bonchev–Trinajstić information content (AvgIpc) is 2.59. The lowest BCUT2D eigenvalue weighted by Gasteiger charge is -2.14. The number of carbonyl (C=O) groups is 1. The lowest BCUT2D eigenvalue weighted by atomic mass is 10.1. The van der Waals surface area contributed by atoms with Crippen LogP contribution in [0, 0.1) is 24.1 Å². The molecule has 0 saturated heterocycles. The molecular formula is C19H16ClFN2O. The molecule has 0 aliphatic rings. The number of nitrogens with zero attached hydrogens (tertiary/aromatic N) is 1. The molecule has 1 N–H and O–H groups in total. The van der Waals surface area contributed by atoms with Crippen LogP contribution >= 0.6 is 11.6 Å². The molecule has 5 heteroatoms. The molecule has 0 heterocycles. The molecule has 0 fully saturated rings. The van der Waals surface area contributed by atoms with Crippen LogP contribution < -0.4 is 5.32 Å². The zero-order valence-corrected chi connectivity index (χ0v) is 14.1. The topological polar surface area (TPSA) is 52.9 Å². The van der Waals surface area contributed by atoms with Gasteiger partial charge in [-0.25, -0.2) is 4.39 Å². The van der Waals surface area contributed by atoms with E-state index in [0.717, 1.165) is 5.56 Å². The lowest BCUT2D eigenvalue weighted by molar-refractivity contribution is -0.117. The van der Waals surface area contributed by atoms with Gasteiger partial charge in [0.05, 0.1) is 11.1 Å². The SMILES string of the molecule is Cc1ccc(Cl)c(/C=C(\C#N)C(=O)N[C@@H](C)c2ccccc2)c1F. The molecule has 0 aromatic heterocycles. The van der Waals surface area contributed by atoms with Gasteiger partial charge in [0.2, 0.25) is 0 Å². The molecule has 2 aromatic rings. The molecule has 2 rings (SSSR count). The molecule has 3 nitrogen and oxygen atoms in total. The fraction of sp³-hybridized carbons (Fsp3) is 0.158. The van der Waals surface area contributed by atoms with Crippen LogP contribution in [0.25, 0.3) is 6.08 Å². The molecule has 0 aliphatic heterocycles. The number of nitrogens with one attached hydrogen (secondary N) is 1. The van der Waals surface area contributed by atoms with Crippen LogP contribution in [0.1, 0.15) is 29.7 Å². The summed E-state index contributed by atoms with van der Waals surface area (Å²) < 4.78 is 14.2. The third-order valence-corrected chi connectivity index (χ3v) is 3.95. The molecule has 0 unspecified atom stereocenters. The Labute approximate surface area is 145 Å². The van der Waals surface area contributed by atoms with E-state index in [4.69, 9.17) is 11.6 Å². The van der Waals surface area contributed by atoms with Gasteiger partial charge in [0.1, 0.15) is 17.5 Å². The van der Waals surface area contributed by atoms with E-state index in [1.54, 1.807) is 19.1 Å². The van der Waals surface area contributed by atoms with Gasteiger partial charge in [0, 0.05) is 5.56 Å². The third kappa shape index (κ3) is 4.01. The summed E-state index contributed by atoms with van der Waals surface area (Å²) in [6.45, 7) is 3.40. The van der Waals surface area contributed by atoms with Crippen molar-refractivity contribution in [2.45, 2.75) is 19.9 Å². The largest absolute Gasteiger partial charge is 0.345 e. The van der Waals surface area contributed by atoms with Crippen molar-refractivity contribution in [2.24, 2.45) is 0 Å². The standard InChI is InChI=1S/C19H16ClFN2O/c1-12-8-9-17(20)16(18(12)21)10-15(11-22)19(24)23-13(2)14-6-4-3-5-7-14/h3-10,13H,1-2H3,(H,23,24)/b15-10+/t13-/m0/s1. The van der Waals surface area contributed by atoms with Crippen molar-refractivity contribution in [1.82, 2.24) is 5.32 Å². The molecule has 0 bridgehead atoms. The van der Waals surface area contributed by atoms with Gasteiger partial charge in [-0.3, -0.25) is 4.79 Å². The number of hydrogen-bond donors (Lipinski definition) is 1. The number of hydrogen-bond acceptors (Lipinski definition) is 2. The molecule has 0 aliphatic carbocycles. The second-order valence-corrected chi connectivity index (χ2v) is 5.77. The van der Waals surface area contributed by atoms with Crippen LogP contribution in [0.3, 0.4) is 0 Å². The maximum absolute atomic E-state index is 14.2. The fourth-order valence-electron chi connectivity index (χ4n) is 2.20. The maximum Gasteiger partial charge on any atom is 0.262 e. The molecule has 0 saturated carbocycles. The minimum absolute atomic E-state index is 0.0377. The number of rotatable bonds is 4. The van der Waals surface area contributed by atoms with Crippen molar-refractivity contribution < 1.29 is 9.18 Å². The summed E-state index contributed by atoms with van der Waals surface area (Å²) in [5, 5.41) is 12.1. The summed E-state index contributed by atoms with van der Waals surface area (Å²) in [5.41, 5.74) is 1.13. The van der Waals surface area contributed by atoms with Gasteiger partial charge < -0.3 is 5.32 Å². The van der Waals surface area contributed by atoms with Gasteiger partial charge in [-0.2, -0.15) is 5.26 Å². The lowest BCUT2D eigenvalue weighted by Crippen LogP contribution is -2.27. The predicted octanol–water partition coefficient (Wildman–Crippen LogP) is 4.57. The minimum atomic E-state index is -0.578. The highest BCUT2D eigenvalue weighted by Gasteiger charge is 2.16. The highest BCUT2D eigenvalue weighted by Crippen LogP contribution is 2.24. The quantitative estimate of drug-likeness (QED) is 0.653. The Bertz CT molecular complexity index is 825. The summed E-state index contributed by atoms with van der Waals surface area (Å²) in [6.07, 6.45) is 1.18. The van der Waals surface area contributed by atoms with Crippen molar-refractivity contribution in [3.63, 3.8) is 0 Å². The summed E-state index contributed by atoms with van der Waals surface area (Å²) in [5.74, 6) is -1.12. The van der Waals surface area contributed by atoms with Gasteiger partial charge in [-0.1, -0.05) is 48.0 Å². The van der Waals surface area contributed by atoms with E-state index < -0.39 is 11.7 Å². The van der Waals surface area contributed by atoms with Crippen LogP contribution in [0.15, 0.2) is 48.0 Å². The fourth-order valence-corrected chi connectivity index (χ4v) is 2.40. The Hall–Kier alpha value is -2.64. The Balaban J connectivity index is 2.27. The maximum atomic E-state index is 14.2. The van der Waals surface area contributed by atoms with Crippen molar-refractivity contribution in [3.8, 4) is 6.07 Å². The molecule has 0 radical (unpaired) electrons. The summed E-state index contributed by atoms with van der Waals surface area (Å²) in [6, 6.07) is 13.9. The van der Waals surface area contributed by atoms with E-state index in [1.807, 2.05) is 37.3 Å². The number of benzene rings is 2. The zero-order valence-electron chi connectivity index (χ0n) is 13.3. The van der Waals surface area contributed by atoms with Gasteiger partial charge in [-0.15, -0.1) is 0 Å². The number of amides is 1. The summed E-state index contributed by atoms with van der Waals surface area (Å²) in [4.78, 5) is 12.3. The molecular weight excluding hydrogens is 327 g/mol. The van der Waals surface area contributed by atoms with Gasteiger partial charge in [0.15, 0.2) is 0 Å². The number of nitriles is 1. The second kappa shape index (κ2) is 7.76. The Morgan fingerprint density at radius 2 is 1.96 bits per heavy atom. The van der Waals surface area contributed by atoms with Crippen molar-refractivity contribution >= 4 is 23.6 Å². The van der Waals surface area contributed by atoms with Crippen LogP contribution in [0.2, 0.25) is 5.02 Å². The van der Waals surface area contributed by atoms with Gasteiger partial charge in [0.25, 0.3) is 5.91 Å². The molecule has 2 aromatic carbocycles. The zero-order chi connectivity index (χ0) is 17.7. The first-order valence-electron chi connectivity index (χ1n) is 7.36. The van der Waals surface area contributed by atoms with Gasteiger partial charge in [-0.05, 0) is 37.1 Å². The highest BCUT2D eigenvalue weighted by atomic mass is 35.5. The number of halogens is 2. The second-order valence-electron chi connectivity index (χ2n) is 5.37. The number of carbonyl (C=O) groups excluding carboxylic acids is 1. The summed E-state index contributed by atoms with van der Waals surface area (Å²) >= 11 is 5.98. The van der Waals surface area contributed by atoms with E-state index in [2.05, 4.69) is 5.32 Å². The normalized spacial score (nSPS) is 12.4. The van der Waals surface area contributed by atoms with E-state index in [1.165, 1.54) is 12.1 Å². The molecule has 1 amide bonds. The van der Waals surface area contributed by atoms with Crippen molar-refractivity contribution in [1.29, 1.82) is 5.26 Å². The summed E-state index contributed by atoms with van der Waals surface area (Å²) in [7, 11) is 0. The molecule has 0 spiro atoms. The van der Waals surface area contributed by atoms with Crippen LogP contribution in [-0.4, -0.2) is 5.91 Å². The van der Waals surface area contributed by atoms with Crippen LogP contribution in [-0.2, 0) is 4.79 Å². The van der Waals surface area contributed by atoms with Crippen molar-refractivity contribution in [3.05, 3.63) is 75.6 Å². The highest BCUT2D eigenvalue weighted by molar-refractivity contribution is 6.32. The third-order valence-electron chi connectivity index (χ3n) is 3.62. The van der Waals surface area contributed by atoms with E-state index in [9.17, 15) is 14.4 Å². The van der Waals surface area contributed by atoms with E-state index in [-0.39, 0.29) is 22.2 Å². The smallest absolute Gasteiger partial charge is 0.262 e. The number of aryl methyl sites for hydroxylation is 1. The van der Waals surface area contributed by atoms with Gasteiger partial charge >= 0.3 is 0 Å². The monoisotopic (exact) mass is 342 g/mol. The predicted molar refractivity (Wildman–Crippen MR) is 92.7 cm³/mol. The molecule has 1 atom stereocenters. The minimum Gasteiger partial charge on any atom is -0.345 e. The van der Waals surface area contributed by atoms with E-state index >= 15 is 0 Å². The molecule has 122 valence electrons. The van der Waals surface area contributed by atoms with Crippen LogP contribution in [0.5, 0.6) is 0 Å². The Morgan fingerprint density at radius 1 is 1.29 bits per heavy atom. The molecule has 24 heavy (non-hydrogen) atoms. The van der Waals surface area contributed by atoms with Crippen LogP contribution in [0.4, 0.5) is 4.39 Å². The van der Waals surface area contributed by atoms with Crippen molar-refractivity contribution in [2.75, 3.05) is 0 Å². The van der Waals surface area contributed by atoms with E-state index in [0.29, 0.717) is 5.56 Å². The average molecular weight is 343 g/mol. The Morgan fingerprint density at radius 3 is 2.58 bits per heavy atom.